The van der Waals surface area contributed by atoms with Crippen LogP contribution in [0.3, 0.4) is 0 Å². The number of halogens is 1. The third-order valence-corrected chi connectivity index (χ3v) is 3.47. The number of pyridine rings is 1. The smallest absolute Gasteiger partial charge is 0.0749 e. The van der Waals surface area contributed by atoms with Gasteiger partial charge in [-0.1, -0.05) is 0 Å². The van der Waals surface area contributed by atoms with Gasteiger partial charge >= 0.3 is 0 Å². The molecular weight excluding hydrogens is 236 g/mol. The Bertz CT molecular complexity index is 353. The van der Waals surface area contributed by atoms with Crippen LogP contribution in [0.2, 0.25) is 0 Å². The lowest BCUT2D eigenvalue weighted by Gasteiger charge is -2.29. The summed E-state index contributed by atoms with van der Waals surface area (Å²) >= 11 is 5.92. The van der Waals surface area contributed by atoms with Crippen LogP contribution in [-0.4, -0.2) is 31.3 Å². The van der Waals surface area contributed by atoms with E-state index in [4.69, 9.17) is 16.3 Å². The number of anilines is 1. The van der Waals surface area contributed by atoms with Gasteiger partial charge in [-0.2, -0.15) is 0 Å². The average Bonchev–Trinajstić information content (AvgIpc) is 2.40. The van der Waals surface area contributed by atoms with Gasteiger partial charge in [-0.3, -0.25) is 4.98 Å². The summed E-state index contributed by atoms with van der Waals surface area (Å²) < 4.78 is 5.75. The van der Waals surface area contributed by atoms with Gasteiger partial charge in [0.15, 0.2) is 0 Å². The standard InChI is InChI=1S/C13H19ClN2O/c1-16(10-12-4-2-3-7-17-12)13-5-6-15-9-11(13)8-14/h5-6,9,12H,2-4,7-8,10H2,1H3. The van der Waals surface area contributed by atoms with Gasteiger partial charge in [0.1, 0.15) is 0 Å². The first-order valence-electron chi connectivity index (χ1n) is 6.13. The lowest BCUT2D eigenvalue weighted by molar-refractivity contribution is 0.0216. The lowest BCUT2D eigenvalue weighted by atomic mass is 10.1. The summed E-state index contributed by atoms with van der Waals surface area (Å²) in [7, 11) is 2.09. The zero-order chi connectivity index (χ0) is 12.1. The highest BCUT2D eigenvalue weighted by Crippen LogP contribution is 2.22. The molecule has 94 valence electrons. The molecule has 1 saturated heterocycles. The van der Waals surface area contributed by atoms with E-state index in [9.17, 15) is 0 Å². The fourth-order valence-corrected chi connectivity index (χ4v) is 2.46. The van der Waals surface area contributed by atoms with Crippen LogP contribution in [0.25, 0.3) is 0 Å². The average molecular weight is 255 g/mol. The van der Waals surface area contributed by atoms with Crippen molar-refractivity contribution in [3.8, 4) is 0 Å². The van der Waals surface area contributed by atoms with Crippen LogP contribution in [0.1, 0.15) is 24.8 Å². The molecule has 0 saturated carbocycles. The topological polar surface area (TPSA) is 25.4 Å². The van der Waals surface area contributed by atoms with Gasteiger partial charge in [0.2, 0.25) is 0 Å². The summed E-state index contributed by atoms with van der Waals surface area (Å²) in [6.07, 6.45) is 7.63. The molecule has 4 heteroatoms. The van der Waals surface area contributed by atoms with Gasteiger partial charge in [0.25, 0.3) is 0 Å². The van der Waals surface area contributed by atoms with Crippen molar-refractivity contribution in [1.29, 1.82) is 0 Å². The molecule has 2 heterocycles. The van der Waals surface area contributed by atoms with Gasteiger partial charge in [0, 0.05) is 43.8 Å². The molecule has 1 aliphatic heterocycles. The number of nitrogens with zero attached hydrogens (tertiary/aromatic N) is 2. The second kappa shape index (κ2) is 6.22. The van der Waals surface area contributed by atoms with Gasteiger partial charge in [-0.15, -0.1) is 11.6 Å². The number of ether oxygens (including phenoxy) is 1. The van der Waals surface area contributed by atoms with E-state index >= 15 is 0 Å². The predicted octanol–water partition coefficient (Wildman–Crippen LogP) is 2.83. The summed E-state index contributed by atoms with van der Waals surface area (Å²) in [5, 5.41) is 0. The fourth-order valence-electron chi connectivity index (χ4n) is 2.25. The minimum atomic E-state index is 0.352. The second-order valence-electron chi connectivity index (χ2n) is 4.51. The Balaban J connectivity index is 2.00. The number of rotatable bonds is 4. The highest BCUT2D eigenvalue weighted by Gasteiger charge is 2.17. The summed E-state index contributed by atoms with van der Waals surface area (Å²) in [6.45, 7) is 1.82. The van der Waals surface area contributed by atoms with Crippen LogP contribution in [0.5, 0.6) is 0 Å². The minimum absolute atomic E-state index is 0.352. The minimum Gasteiger partial charge on any atom is -0.376 e. The maximum absolute atomic E-state index is 5.92. The molecule has 0 N–H and O–H groups in total. The van der Waals surface area contributed by atoms with E-state index in [1.807, 2.05) is 18.5 Å². The molecule has 1 aromatic heterocycles. The van der Waals surface area contributed by atoms with E-state index in [0.717, 1.165) is 30.8 Å². The van der Waals surface area contributed by atoms with Crippen LogP contribution in [-0.2, 0) is 10.6 Å². The molecule has 1 unspecified atom stereocenters. The summed E-state index contributed by atoms with van der Waals surface area (Å²) in [5.74, 6) is 0.499. The first kappa shape index (κ1) is 12.7. The molecule has 17 heavy (non-hydrogen) atoms. The molecule has 0 radical (unpaired) electrons. The van der Waals surface area contributed by atoms with Gasteiger partial charge in [-0.05, 0) is 25.3 Å². The maximum Gasteiger partial charge on any atom is 0.0749 e. The third-order valence-electron chi connectivity index (χ3n) is 3.18. The Kier molecular flexibility index (Phi) is 4.63. The number of hydrogen-bond acceptors (Lipinski definition) is 3. The van der Waals surface area contributed by atoms with Gasteiger partial charge in [-0.25, -0.2) is 0 Å². The van der Waals surface area contributed by atoms with E-state index < -0.39 is 0 Å². The normalized spacial score (nSPS) is 20.2. The molecule has 1 atom stereocenters. The van der Waals surface area contributed by atoms with Crippen molar-refractivity contribution in [1.82, 2.24) is 4.98 Å². The van der Waals surface area contributed by atoms with E-state index in [1.165, 1.54) is 12.8 Å². The molecule has 0 amide bonds. The van der Waals surface area contributed by atoms with E-state index in [2.05, 4.69) is 16.9 Å². The van der Waals surface area contributed by atoms with Crippen molar-refractivity contribution in [2.45, 2.75) is 31.2 Å². The largest absolute Gasteiger partial charge is 0.376 e. The van der Waals surface area contributed by atoms with E-state index in [0.29, 0.717) is 12.0 Å². The highest BCUT2D eigenvalue weighted by molar-refractivity contribution is 6.17. The zero-order valence-corrected chi connectivity index (χ0v) is 11.0. The van der Waals surface area contributed by atoms with Crippen molar-refractivity contribution in [3.05, 3.63) is 24.0 Å². The lowest BCUT2D eigenvalue weighted by Crippen LogP contribution is -2.33. The molecular formula is C13H19ClN2O. The van der Waals surface area contributed by atoms with Gasteiger partial charge in [0.05, 0.1) is 12.0 Å². The molecule has 0 bridgehead atoms. The van der Waals surface area contributed by atoms with Crippen molar-refractivity contribution >= 4 is 17.3 Å². The Morgan fingerprint density at radius 3 is 3.12 bits per heavy atom. The van der Waals surface area contributed by atoms with Crippen molar-refractivity contribution in [2.75, 3.05) is 25.1 Å². The van der Waals surface area contributed by atoms with Crippen LogP contribution in [0, 0.1) is 0 Å². The quantitative estimate of drug-likeness (QED) is 0.773. The third kappa shape index (κ3) is 3.33. The van der Waals surface area contributed by atoms with Crippen molar-refractivity contribution < 1.29 is 4.74 Å². The fraction of sp³-hybridized carbons (Fsp3) is 0.615. The molecule has 2 rings (SSSR count). The van der Waals surface area contributed by atoms with Gasteiger partial charge < -0.3 is 9.64 Å². The Morgan fingerprint density at radius 1 is 1.53 bits per heavy atom. The molecule has 1 aliphatic rings. The molecule has 1 aromatic rings. The summed E-state index contributed by atoms with van der Waals surface area (Å²) in [4.78, 5) is 6.32. The highest BCUT2D eigenvalue weighted by atomic mass is 35.5. The molecule has 0 aromatic carbocycles. The number of likely N-dealkylation sites (N-methyl/N-ethyl adjacent to an activating group) is 1. The first-order chi connectivity index (χ1) is 8.31. The molecule has 0 aliphatic carbocycles. The predicted molar refractivity (Wildman–Crippen MR) is 70.7 cm³/mol. The molecule has 3 nitrogen and oxygen atoms in total. The van der Waals surface area contributed by atoms with Crippen LogP contribution in [0.15, 0.2) is 18.5 Å². The number of alkyl halides is 1. The van der Waals surface area contributed by atoms with E-state index in [-0.39, 0.29) is 0 Å². The Morgan fingerprint density at radius 2 is 2.41 bits per heavy atom. The van der Waals surface area contributed by atoms with Crippen LogP contribution >= 0.6 is 11.6 Å². The summed E-state index contributed by atoms with van der Waals surface area (Å²) in [5.41, 5.74) is 2.23. The SMILES string of the molecule is CN(CC1CCCCO1)c1ccncc1CCl. The maximum atomic E-state index is 5.92. The molecule has 0 spiro atoms. The van der Waals surface area contributed by atoms with Crippen LogP contribution in [0.4, 0.5) is 5.69 Å². The monoisotopic (exact) mass is 254 g/mol. The zero-order valence-electron chi connectivity index (χ0n) is 10.2. The second-order valence-corrected chi connectivity index (χ2v) is 4.77. The van der Waals surface area contributed by atoms with Crippen LogP contribution < -0.4 is 4.90 Å². The van der Waals surface area contributed by atoms with Crippen molar-refractivity contribution in [2.24, 2.45) is 0 Å². The number of hydrogen-bond donors (Lipinski definition) is 0. The van der Waals surface area contributed by atoms with Crippen molar-refractivity contribution in [3.63, 3.8) is 0 Å². The first-order valence-corrected chi connectivity index (χ1v) is 6.66. The van der Waals surface area contributed by atoms with E-state index in [1.54, 1.807) is 0 Å². The summed E-state index contributed by atoms with van der Waals surface area (Å²) in [6, 6.07) is 2.01. The number of aromatic nitrogens is 1. The molecule has 1 fully saturated rings. The Hall–Kier alpha value is -0.800. The Labute approximate surface area is 108 Å².